The Balaban J connectivity index is 2.09. The molecule has 0 aliphatic rings. The van der Waals surface area contributed by atoms with E-state index in [-0.39, 0.29) is 6.10 Å². The number of nitrogens with one attached hydrogen (secondary N) is 1. The summed E-state index contributed by atoms with van der Waals surface area (Å²) in [6.45, 7) is 6.83. The highest BCUT2D eigenvalue weighted by atomic mass is 16.5. The lowest BCUT2D eigenvalue weighted by atomic mass is 10.2. The molecule has 2 rings (SSSR count). The molecule has 102 valence electrons. The smallest absolute Gasteiger partial charge is 0.142 e. The molecule has 0 atom stereocenters. The number of hydrogen-bond donors (Lipinski definition) is 1. The van der Waals surface area contributed by atoms with Gasteiger partial charge >= 0.3 is 0 Å². The number of benzene rings is 1. The van der Waals surface area contributed by atoms with Crippen LogP contribution in [-0.4, -0.2) is 15.9 Å². The maximum Gasteiger partial charge on any atom is 0.142 e. The zero-order valence-electron chi connectivity index (χ0n) is 12.0. The van der Waals surface area contributed by atoms with Crippen molar-refractivity contribution in [1.29, 1.82) is 0 Å². The van der Waals surface area contributed by atoms with Crippen LogP contribution in [0.3, 0.4) is 0 Å². The van der Waals surface area contributed by atoms with E-state index >= 15 is 0 Å². The first-order valence-electron chi connectivity index (χ1n) is 6.55. The fourth-order valence-corrected chi connectivity index (χ4v) is 1.98. The lowest BCUT2D eigenvalue weighted by Gasteiger charge is -2.15. The molecule has 0 saturated heterocycles. The first-order chi connectivity index (χ1) is 9.06. The van der Waals surface area contributed by atoms with Crippen LogP contribution in [0, 0.1) is 6.92 Å². The predicted molar refractivity (Wildman–Crippen MR) is 77.5 cm³/mol. The molecule has 0 saturated carbocycles. The SMILES string of the molecule is Cc1nn(C)cc1CNc1ccccc1OC(C)C. The lowest BCUT2D eigenvalue weighted by Crippen LogP contribution is -2.08. The van der Waals surface area contributed by atoms with Crippen molar-refractivity contribution in [3.05, 3.63) is 41.7 Å². The van der Waals surface area contributed by atoms with Crippen LogP contribution in [0.5, 0.6) is 5.75 Å². The van der Waals surface area contributed by atoms with Crippen LogP contribution in [0.25, 0.3) is 0 Å². The van der Waals surface area contributed by atoms with Crippen LogP contribution in [0.4, 0.5) is 5.69 Å². The van der Waals surface area contributed by atoms with E-state index in [1.54, 1.807) is 0 Å². The Morgan fingerprint density at radius 1 is 1.32 bits per heavy atom. The quantitative estimate of drug-likeness (QED) is 0.896. The average Bonchev–Trinajstić information content (AvgIpc) is 2.66. The Bertz CT molecular complexity index is 546. The van der Waals surface area contributed by atoms with E-state index in [0.717, 1.165) is 23.7 Å². The molecular weight excluding hydrogens is 238 g/mol. The average molecular weight is 259 g/mol. The Labute approximate surface area is 114 Å². The van der Waals surface area contributed by atoms with Crippen LogP contribution in [0.15, 0.2) is 30.5 Å². The van der Waals surface area contributed by atoms with E-state index in [9.17, 15) is 0 Å². The molecule has 1 aromatic carbocycles. The fraction of sp³-hybridized carbons (Fsp3) is 0.400. The maximum atomic E-state index is 5.79. The zero-order chi connectivity index (χ0) is 13.8. The zero-order valence-corrected chi connectivity index (χ0v) is 12.0. The largest absolute Gasteiger partial charge is 0.489 e. The van der Waals surface area contributed by atoms with Gasteiger partial charge in [0.15, 0.2) is 0 Å². The minimum Gasteiger partial charge on any atom is -0.489 e. The Kier molecular flexibility index (Phi) is 4.10. The molecule has 4 nitrogen and oxygen atoms in total. The van der Waals surface area contributed by atoms with Crippen LogP contribution in [-0.2, 0) is 13.6 Å². The standard InChI is InChI=1S/C15H21N3O/c1-11(2)19-15-8-6-5-7-14(15)16-9-13-10-18(4)17-12(13)3/h5-8,10-11,16H,9H2,1-4H3. The lowest BCUT2D eigenvalue weighted by molar-refractivity contribution is 0.243. The number of para-hydroxylation sites is 2. The Hall–Kier alpha value is -1.97. The third-order valence-corrected chi connectivity index (χ3v) is 2.83. The van der Waals surface area contributed by atoms with E-state index < -0.39 is 0 Å². The van der Waals surface area contributed by atoms with Gasteiger partial charge in [-0.3, -0.25) is 4.68 Å². The van der Waals surface area contributed by atoms with Gasteiger partial charge in [0.2, 0.25) is 0 Å². The number of anilines is 1. The number of ether oxygens (including phenoxy) is 1. The molecule has 1 heterocycles. The summed E-state index contributed by atoms with van der Waals surface area (Å²) in [4.78, 5) is 0. The van der Waals surface area contributed by atoms with E-state index in [1.165, 1.54) is 5.56 Å². The predicted octanol–water partition coefficient (Wildman–Crippen LogP) is 3.13. The second-order valence-corrected chi connectivity index (χ2v) is 4.93. The fourth-order valence-electron chi connectivity index (χ4n) is 1.98. The molecule has 19 heavy (non-hydrogen) atoms. The summed E-state index contributed by atoms with van der Waals surface area (Å²) in [5, 5.41) is 7.75. The molecular formula is C15H21N3O. The van der Waals surface area contributed by atoms with Gasteiger partial charge in [-0.2, -0.15) is 5.10 Å². The van der Waals surface area contributed by atoms with Crippen LogP contribution in [0.1, 0.15) is 25.1 Å². The van der Waals surface area contributed by atoms with Crippen LogP contribution in [0.2, 0.25) is 0 Å². The topological polar surface area (TPSA) is 39.1 Å². The van der Waals surface area contributed by atoms with Gasteiger partial charge in [-0.1, -0.05) is 12.1 Å². The van der Waals surface area contributed by atoms with Gasteiger partial charge < -0.3 is 10.1 Å². The van der Waals surface area contributed by atoms with Crippen molar-refractivity contribution in [3.63, 3.8) is 0 Å². The van der Waals surface area contributed by atoms with Gasteiger partial charge in [0.05, 0.1) is 17.5 Å². The molecule has 2 aromatic rings. The maximum absolute atomic E-state index is 5.79. The van der Waals surface area contributed by atoms with E-state index in [2.05, 4.69) is 10.4 Å². The van der Waals surface area contributed by atoms with E-state index in [4.69, 9.17) is 4.74 Å². The molecule has 4 heteroatoms. The first-order valence-corrected chi connectivity index (χ1v) is 6.55. The highest BCUT2D eigenvalue weighted by Gasteiger charge is 2.07. The van der Waals surface area contributed by atoms with Gasteiger partial charge in [-0.25, -0.2) is 0 Å². The molecule has 0 fully saturated rings. The number of hydrogen-bond acceptors (Lipinski definition) is 3. The third-order valence-electron chi connectivity index (χ3n) is 2.83. The van der Waals surface area contributed by atoms with E-state index in [1.807, 2.05) is 63.0 Å². The van der Waals surface area contributed by atoms with Crippen molar-refractivity contribution in [2.75, 3.05) is 5.32 Å². The van der Waals surface area contributed by atoms with Gasteiger partial charge in [0.1, 0.15) is 5.75 Å². The molecule has 0 bridgehead atoms. The van der Waals surface area contributed by atoms with Crippen molar-refractivity contribution in [2.24, 2.45) is 7.05 Å². The minimum atomic E-state index is 0.170. The van der Waals surface area contributed by atoms with Gasteiger partial charge in [0.25, 0.3) is 0 Å². The highest BCUT2D eigenvalue weighted by Crippen LogP contribution is 2.25. The summed E-state index contributed by atoms with van der Waals surface area (Å²) in [5.74, 6) is 0.888. The van der Waals surface area contributed by atoms with Crippen molar-refractivity contribution in [2.45, 2.75) is 33.4 Å². The summed E-state index contributed by atoms with van der Waals surface area (Å²) in [6.07, 6.45) is 2.21. The third kappa shape index (κ3) is 3.50. The second kappa shape index (κ2) is 5.78. The van der Waals surface area contributed by atoms with Crippen molar-refractivity contribution in [1.82, 2.24) is 9.78 Å². The monoisotopic (exact) mass is 259 g/mol. The normalized spacial score (nSPS) is 10.8. The second-order valence-electron chi connectivity index (χ2n) is 4.93. The molecule has 0 spiro atoms. The molecule has 0 aliphatic heterocycles. The van der Waals surface area contributed by atoms with Crippen LogP contribution < -0.4 is 10.1 Å². The highest BCUT2D eigenvalue weighted by molar-refractivity contribution is 5.56. The van der Waals surface area contributed by atoms with Gasteiger partial charge in [0, 0.05) is 25.4 Å². The van der Waals surface area contributed by atoms with Gasteiger partial charge in [-0.15, -0.1) is 0 Å². The van der Waals surface area contributed by atoms with Crippen molar-refractivity contribution >= 4 is 5.69 Å². The van der Waals surface area contributed by atoms with Crippen LogP contribution >= 0.6 is 0 Å². The first kappa shape index (κ1) is 13.5. The number of aromatic nitrogens is 2. The van der Waals surface area contributed by atoms with Crippen molar-refractivity contribution < 1.29 is 4.74 Å². The minimum absolute atomic E-state index is 0.170. The number of rotatable bonds is 5. The molecule has 0 radical (unpaired) electrons. The summed E-state index contributed by atoms with van der Waals surface area (Å²) in [7, 11) is 1.94. The summed E-state index contributed by atoms with van der Waals surface area (Å²) < 4.78 is 7.62. The van der Waals surface area contributed by atoms with Gasteiger partial charge in [-0.05, 0) is 32.9 Å². The molecule has 1 aromatic heterocycles. The summed E-state index contributed by atoms with van der Waals surface area (Å²) in [5.41, 5.74) is 3.26. The van der Waals surface area contributed by atoms with E-state index in [0.29, 0.717) is 0 Å². The number of nitrogens with zero attached hydrogens (tertiary/aromatic N) is 2. The Morgan fingerprint density at radius 3 is 2.68 bits per heavy atom. The molecule has 0 amide bonds. The molecule has 1 N–H and O–H groups in total. The summed E-state index contributed by atoms with van der Waals surface area (Å²) >= 11 is 0. The molecule has 0 aliphatic carbocycles. The molecule has 0 unspecified atom stereocenters. The van der Waals surface area contributed by atoms with Crippen molar-refractivity contribution in [3.8, 4) is 5.75 Å². The summed E-state index contributed by atoms with van der Waals surface area (Å²) in [6, 6.07) is 8.01. The number of aryl methyl sites for hydroxylation is 2. The Morgan fingerprint density at radius 2 is 2.05 bits per heavy atom.